The number of carboxylic acids is 1. The number of allylic oxidation sites excluding steroid dienone is 4. The minimum absolute atomic E-state index is 0.0638. The van der Waals surface area contributed by atoms with E-state index in [-0.39, 0.29) is 12.5 Å². The van der Waals surface area contributed by atoms with E-state index in [0.717, 1.165) is 12.8 Å². The first kappa shape index (κ1) is 24.3. The summed E-state index contributed by atoms with van der Waals surface area (Å²) in [6.07, 6.45) is 15.2. The average molecular weight is 395 g/mol. The first-order chi connectivity index (χ1) is 13.4. The number of ether oxygens (including phenoxy) is 1. The molecule has 0 amide bonds. The second kappa shape index (κ2) is 14.3. The molecule has 1 rings (SSSR count). The van der Waals surface area contributed by atoms with Crippen LogP contribution in [0, 0.1) is 0 Å². The molecule has 1 aliphatic heterocycles. The monoisotopic (exact) mass is 394 g/mol. The maximum absolute atomic E-state index is 10.4. The van der Waals surface area contributed by atoms with E-state index >= 15 is 0 Å². The fourth-order valence-corrected chi connectivity index (χ4v) is 2.87. The molecule has 1 saturated heterocycles. The number of aliphatic hydroxyl groups excluding tert-OH is 3. The van der Waals surface area contributed by atoms with Crippen molar-refractivity contribution >= 4 is 5.97 Å². The van der Waals surface area contributed by atoms with Gasteiger partial charge in [-0.3, -0.25) is 4.79 Å². The molecule has 4 N–H and O–H groups in total. The summed E-state index contributed by atoms with van der Waals surface area (Å²) in [7, 11) is 0. The minimum Gasteiger partial charge on any atom is -0.481 e. The van der Waals surface area contributed by atoms with Crippen molar-refractivity contribution in [3.8, 4) is 0 Å². The van der Waals surface area contributed by atoms with Crippen molar-refractivity contribution in [1.29, 1.82) is 0 Å². The molecule has 1 heterocycles. The van der Waals surface area contributed by atoms with Crippen LogP contribution in [-0.2, 0) is 9.53 Å². The van der Waals surface area contributed by atoms with E-state index in [1.165, 1.54) is 12.2 Å². The largest absolute Gasteiger partial charge is 0.481 e. The third kappa shape index (κ3) is 10.6. The molecule has 0 aromatic carbocycles. The van der Waals surface area contributed by atoms with E-state index in [1.54, 1.807) is 12.2 Å². The first-order valence-electron chi connectivity index (χ1n) is 9.98. The van der Waals surface area contributed by atoms with Crippen LogP contribution < -0.4 is 0 Å². The maximum atomic E-state index is 10.4. The van der Waals surface area contributed by atoms with Gasteiger partial charge in [-0.05, 0) is 32.1 Å². The lowest BCUT2D eigenvalue weighted by Gasteiger charge is -2.16. The molecular weight excluding hydrogens is 360 g/mol. The number of aliphatic carboxylic acids is 1. The van der Waals surface area contributed by atoms with Crippen molar-refractivity contribution in [3.05, 3.63) is 48.6 Å². The molecule has 0 aliphatic carbocycles. The standard InChI is InChI=1S/C22H34O6/c1-2-3-4-5-6-9-12-20-19(25)16-21(28-20)18(24)15-14-17(23)11-8-7-10-13-22(26)27/h3-4,6-9,14-15,17-21,23-25H,2,5,10-13,16H2,1H3,(H,26,27)/b4-3-,8-7-,9-6-,15-14+/t17-,18-,19+,20+,21-/m1/s1. The van der Waals surface area contributed by atoms with Crippen molar-refractivity contribution in [2.75, 3.05) is 0 Å². The molecule has 6 nitrogen and oxygen atoms in total. The van der Waals surface area contributed by atoms with Crippen LogP contribution in [0.15, 0.2) is 48.6 Å². The Morgan fingerprint density at radius 3 is 2.57 bits per heavy atom. The summed E-state index contributed by atoms with van der Waals surface area (Å²) >= 11 is 0. The van der Waals surface area contributed by atoms with Crippen LogP contribution >= 0.6 is 0 Å². The van der Waals surface area contributed by atoms with E-state index in [2.05, 4.69) is 19.1 Å². The zero-order valence-electron chi connectivity index (χ0n) is 16.6. The summed E-state index contributed by atoms with van der Waals surface area (Å²) in [5.41, 5.74) is 0. The van der Waals surface area contributed by atoms with Gasteiger partial charge in [0.05, 0.1) is 30.5 Å². The summed E-state index contributed by atoms with van der Waals surface area (Å²) in [6, 6.07) is 0. The SMILES string of the molecule is CC/C=C\C/C=C\C[C@@H]1O[C@@H]([C@H](O)/C=C/[C@H](O)C/C=C\CCC(=O)O)C[C@@H]1O. The van der Waals surface area contributed by atoms with Gasteiger partial charge in [-0.15, -0.1) is 0 Å². The lowest BCUT2D eigenvalue weighted by molar-refractivity contribution is -0.136. The van der Waals surface area contributed by atoms with Crippen molar-refractivity contribution in [2.24, 2.45) is 0 Å². The third-order valence-corrected chi connectivity index (χ3v) is 4.44. The highest BCUT2D eigenvalue weighted by molar-refractivity contribution is 5.66. The summed E-state index contributed by atoms with van der Waals surface area (Å²) < 4.78 is 5.76. The molecule has 0 aromatic heterocycles. The Labute approximate surface area is 167 Å². The number of carbonyl (C=O) groups is 1. The Hall–Kier alpha value is -1.73. The molecule has 0 aromatic rings. The predicted octanol–water partition coefficient (Wildman–Crippen LogP) is 2.90. The van der Waals surface area contributed by atoms with Gasteiger partial charge in [0.25, 0.3) is 0 Å². The first-order valence-corrected chi connectivity index (χ1v) is 9.98. The fourth-order valence-electron chi connectivity index (χ4n) is 2.87. The molecular formula is C22H34O6. The molecule has 0 unspecified atom stereocenters. The molecule has 0 spiro atoms. The molecule has 28 heavy (non-hydrogen) atoms. The topological polar surface area (TPSA) is 107 Å². The van der Waals surface area contributed by atoms with Gasteiger partial charge in [-0.2, -0.15) is 0 Å². The number of hydrogen-bond acceptors (Lipinski definition) is 5. The summed E-state index contributed by atoms with van der Waals surface area (Å²) in [5, 5.41) is 38.8. The Kier molecular flexibility index (Phi) is 12.4. The summed E-state index contributed by atoms with van der Waals surface area (Å²) in [6.45, 7) is 2.08. The Balaban J connectivity index is 2.33. The van der Waals surface area contributed by atoms with E-state index in [4.69, 9.17) is 9.84 Å². The maximum Gasteiger partial charge on any atom is 0.303 e. The van der Waals surface area contributed by atoms with Crippen LogP contribution in [0.25, 0.3) is 0 Å². The second-order valence-corrected chi connectivity index (χ2v) is 6.92. The molecule has 6 heteroatoms. The Bertz CT molecular complexity index is 551. The molecule has 158 valence electrons. The molecule has 0 bridgehead atoms. The molecule has 1 aliphatic rings. The van der Waals surface area contributed by atoms with Crippen molar-refractivity contribution < 1.29 is 30.0 Å². The molecule has 0 saturated carbocycles. The Morgan fingerprint density at radius 1 is 1.11 bits per heavy atom. The van der Waals surface area contributed by atoms with Gasteiger partial charge in [0, 0.05) is 12.8 Å². The van der Waals surface area contributed by atoms with Crippen LogP contribution in [0.4, 0.5) is 0 Å². The second-order valence-electron chi connectivity index (χ2n) is 6.92. The van der Waals surface area contributed by atoms with Gasteiger partial charge in [0.2, 0.25) is 0 Å². The van der Waals surface area contributed by atoms with E-state index in [9.17, 15) is 20.1 Å². The smallest absolute Gasteiger partial charge is 0.303 e. The van der Waals surface area contributed by atoms with Crippen molar-refractivity contribution in [2.45, 2.75) is 82.4 Å². The van der Waals surface area contributed by atoms with Gasteiger partial charge in [0.15, 0.2) is 0 Å². The highest BCUT2D eigenvalue weighted by Crippen LogP contribution is 2.26. The molecule has 1 fully saturated rings. The van der Waals surface area contributed by atoms with Crippen molar-refractivity contribution in [1.82, 2.24) is 0 Å². The fraction of sp³-hybridized carbons (Fsp3) is 0.591. The quantitative estimate of drug-likeness (QED) is 0.358. The number of hydrogen-bond donors (Lipinski definition) is 4. The van der Waals surface area contributed by atoms with Crippen LogP contribution in [-0.4, -0.2) is 56.9 Å². The Morgan fingerprint density at radius 2 is 1.86 bits per heavy atom. The number of aliphatic hydroxyl groups is 3. The summed E-state index contributed by atoms with van der Waals surface area (Å²) in [4.78, 5) is 10.4. The van der Waals surface area contributed by atoms with Crippen LogP contribution in [0.1, 0.15) is 51.9 Å². The number of carboxylic acid groups (broad SMARTS) is 1. The van der Waals surface area contributed by atoms with E-state index in [1.807, 2.05) is 12.2 Å². The van der Waals surface area contributed by atoms with E-state index < -0.39 is 30.4 Å². The predicted molar refractivity (Wildman–Crippen MR) is 109 cm³/mol. The highest BCUT2D eigenvalue weighted by atomic mass is 16.5. The van der Waals surface area contributed by atoms with Crippen LogP contribution in [0.2, 0.25) is 0 Å². The zero-order chi connectivity index (χ0) is 20.8. The average Bonchev–Trinajstić information content (AvgIpc) is 3.03. The van der Waals surface area contributed by atoms with E-state index in [0.29, 0.717) is 25.7 Å². The van der Waals surface area contributed by atoms with Crippen LogP contribution in [0.3, 0.4) is 0 Å². The van der Waals surface area contributed by atoms with Crippen molar-refractivity contribution in [3.63, 3.8) is 0 Å². The van der Waals surface area contributed by atoms with Gasteiger partial charge < -0.3 is 25.2 Å². The van der Waals surface area contributed by atoms with Crippen LogP contribution in [0.5, 0.6) is 0 Å². The highest BCUT2D eigenvalue weighted by Gasteiger charge is 2.36. The summed E-state index contributed by atoms with van der Waals surface area (Å²) in [5.74, 6) is -0.853. The van der Waals surface area contributed by atoms with Gasteiger partial charge >= 0.3 is 5.97 Å². The minimum atomic E-state index is -0.901. The zero-order valence-corrected chi connectivity index (χ0v) is 16.6. The molecule has 5 atom stereocenters. The lowest BCUT2D eigenvalue weighted by atomic mass is 10.0. The van der Waals surface area contributed by atoms with Gasteiger partial charge in [0.1, 0.15) is 0 Å². The van der Waals surface area contributed by atoms with Gasteiger partial charge in [-0.25, -0.2) is 0 Å². The molecule has 0 radical (unpaired) electrons. The van der Waals surface area contributed by atoms with Gasteiger partial charge in [-0.1, -0.05) is 55.5 Å². The number of rotatable bonds is 13. The third-order valence-electron chi connectivity index (χ3n) is 4.44. The lowest BCUT2D eigenvalue weighted by Crippen LogP contribution is -2.24. The normalized spacial score (nSPS) is 25.5.